The number of hydrogen-bond acceptors (Lipinski definition) is 2. The summed E-state index contributed by atoms with van der Waals surface area (Å²) in [5, 5.41) is 8.26. The molecule has 3 rings (SSSR count). The molecule has 1 N–H and O–H groups in total. The Bertz CT molecular complexity index is 600. The number of nitrogens with zero attached hydrogens (tertiary/aromatic N) is 1. The molecule has 0 amide bonds. The number of nitrogens with one attached hydrogen (secondary N) is 1. The van der Waals surface area contributed by atoms with Crippen LogP contribution in [0.15, 0.2) is 40.8 Å². The minimum absolute atomic E-state index is 0.0959. The molecule has 0 radical (unpaired) electrons. The first-order chi connectivity index (χ1) is 8.66. The molecule has 1 aromatic heterocycles. The van der Waals surface area contributed by atoms with Gasteiger partial charge in [0, 0.05) is 12.1 Å². The van der Waals surface area contributed by atoms with Crippen LogP contribution in [0.5, 0.6) is 0 Å². The van der Waals surface area contributed by atoms with Gasteiger partial charge in [-0.25, -0.2) is 0 Å². The zero-order chi connectivity index (χ0) is 12.7. The molecule has 0 saturated heterocycles. The first kappa shape index (κ1) is 11.1. The Balaban J connectivity index is 1.90. The molecule has 0 spiro atoms. The standard InChI is InChI=1S/C15H16N2O/c1-10-7-8-14(18-10)11(2)17-9-12-5-3-4-6-13(12)15(17)16/h3-8,11,16H,9H2,1-2H3. The molecule has 1 aliphatic heterocycles. The van der Waals surface area contributed by atoms with E-state index < -0.39 is 0 Å². The minimum Gasteiger partial charge on any atom is -0.464 e. The molecular formula is C15H16N2O. The number of hydrogen-bond donors (Lipinski definition) is 1. The average molecular weight is 240 g/mol. The quantitative estimate of drug-likeness (QED) is 0.872. The van der Waals surface area contributed by atoms with Gasteiger partial charge in [-0.3, -0.25) is 5.41 Å². The molecule has 92 valence electrons. The van der Waals surface area contributed by atoms with Crippen molar-refractivity contribution in [2.75, 3.05) is 0 Å². The van der Waals surface area contributed by atoms with Crippen LogP contribution in [0.25, 0.3) is 0 Å². The maximum Gasteiger partial charge on any atom is 0.129 e. The lowest BCUT2D eigenvalue weighted by molar-refractivity contribution is 0.290. The van der Waals surface area contributed by atoms with Crippen molar-refractivity contribution in [1.82, 2.24) is 4.90 Å². The molecule has 0 bridgehead atoms. The summed E-state index contributed by atoms with van der Waals surface area (Å²) < 4.78 is 5.67. The van der Waals surface area contributed by atoms with E-state index in [1.165, 1.54) is 5.56 Å². The van der Waals surface area contributed by atoms with Gasteiger partial charge in [-0.1, -0.05) is 24.3 Å². The molecule has 1 unspecified atom stereocenters. The Morgan fingerprint density at radius 3 is 2.67 bits per heavy atom. The van der Waals surface area contributed by atoms with Crippen LogP contribution in [0.2, 0.25) is 0 Å². The topological polar surface area (TPSA) is 40.2 Å². The molecule has 0 saturated carbocycles. The van der Waals surface area contributed by atoms with E-state index in [-0.39, 0.29) is 6.04 Å². The van der Waals surface area contributed by atoms with Crippen molar-refractivity contribution in [3.8, 4) is 0 Å². The highest BCUT2D eigenvalue weighted by molar-refractivity contribution is 6.00. The Morgan fingerprint density at radius 2 is 2.00 bits per heavy atom. The molecule has 1 atom stereocenters. The summed E-state index contributed by atoms with van der Waals surface area (Å²) in [6.07, 6.45) is 0. The number of benzene rings is 1. The first-order valence-corrected chi connectivity index (χ1v) is 6.16. The number of amidine groups is 1. The molecular weight excluding hydrogens is 224 g/mol. The minimum atomic E-state index is 0.0959. The van der Waals surface area contributed by atoms with Crippen molar-refractivity contribution in [2.24, 2.45) is 0 Å². The third kappa shape index (κ3) is 1.63. The van der Waals surface area contributed by atoms with Crippen LogP contribution in [-0.4, -0.2) is 10.7 Å². The SMILES string of the molecule is Cc1ccc(C(C)N2Cc3ccccc3C2=N)o1. The predicted octanol–water partition coefficient (Wildman–Crippen LogP) is 3.49. The van der Waals surface area contributed by atoms with Gasteiger partial charge in [0.05, 0.1) is 6.04 Å². The lowest BCUT2D eigenvalue weighted by Crippen LogP contribution is -2.27. The van der Waals surface area contributed by atoms with Gasteiger partial charge in [0.2, 0.25) is 0 Å². The third-order valence-electron chi connectivity index (χ3n) is 3.54. The maximum atomic E-state index is 8.26. The lowest BCUT2D eigenvalue weighted by Gasteiger charge is -2.24. The van der Waals surface area contributed by atoms with Gasteiger partial charge < -0.3 is 9.32 Å². The van der Waals surface area contributed by atoms with Crippen LogP contribution in [0.3, 0.4) is 0 Å². The fourth-order valence-electron chi connectivity index (χ4n) is 2.47. The second-order valence-corrected chi connectivity index (χ2v) is 4.76. The van der Waals surface area contributed by atoms with Crippen LogP contribution in [0.1, 0.15) is 35.6 Å². The molecule has 1 aliphatic rings. The highest BCUT2D eigenvalue weighted by Gasteiger charge is 2.29. The van der Waals surface area contributed by atoms with Crippen LogP contribution < -0.4 is 0 Å². The van der Waals surface area contributed by atoms with Gasteiger partial charge in [0.1, 0.15) is 17.4 Å². The van der Waals surface area contributed by atoms with Crippen molar-refractivity contribution in [3.63, 3.8) is 0 Å². The van der Waals surface area contributed by atoms with Crippen LogP contribution in [0.4, 0.5) is 0 Å². The Kier molecular flexibility index (Phi) is 2.47. The Labute approximate surface area is 107 Å². The molecule has 3 nitrogen and oxygen atoms in total. The smallest absolute Gasteiger partial charge is 0.129 e. The molecule has 2 aromatic rings. The van der Waals surface area contributed by atoms with E-state index in [4.69, 9.17) is 9.83 Å². The first-order valence-electron chi connectivity index (χ1n) is 6.16. The monoisotopic (exact) mass is 240 g/mol. The van der Waals surface area contributed by atoms with Gasteiger partial charge >= 0.3 is 0 Å². The summed E-state index contributed by atoms with van der Waals surface area (Å²) in [6.45, 7) is 4.81. The summed E-state index contributed by atoms with van der Waals surface area (Å²) in [6, 6.07) is 12.2. The van der Waals surface area contributed by atoms with Gasteiger partial charge in [0.15, 0.2) is 0 Å². The zero-order valence-electron chi connectivity index (χ0n) is 10.6. The van der Waals surface area contributed by atoms with Crippen molar-refractivity contribution in [1.29, 1.82) is 5.41 Å². The second-order valence-electron chi connectivity index (χ2n) is 4.76. The Morgan fingerprint density at radius 1 is 1.22 bits per heavy atom. The molecule has 18 heavy (non-hydrogen) atoms. The number of fused-ring (bicyclic) bond motifs is 1. The normalized spacial score (nSPS) is 15.9. The predicted molar refractivity (Wildman–Crippen MR) is 70.7 cm³/mol. The Hall–Kier alpha value is -2.03. The lowest BCUT2D eigenvalue weighted by atomic mass is 10.1. The maximum absolute atomic E-state index is 8.26. The number of aryl methyl sites for hydroxylation is 1. The van der Waals surface area contributed by atoms with E-state index in [2.05, 4.69) is 17.9 Å². The number of furan rings is 1. The fourth-order valence-corrected chi connectivity index (χ4v) is 2.47. The summed E-state index contributed by atoms with van der Waals surface area (Å²) in [4.78, 5) is 2.07. The van der Waals surface area contributed by atoms with Gasteiger partial charge in [-0.15, -0.1) is 0 Å². The molecule has 1 aromatic carbocycles. The van der Waals surface area contributed by atoms with Gasteiger partial charge in [-0.05, 0) is 31.5 Å². The molecule has 0 aliphatic carbocycles. The summed E-state index contributed by atoms with van der Waals surface area (Å²) in [5.41, 5.74) is 2.25. The third-order valence-corrected chi connectivity index (χ3v) is 3.54. The largest absolute Gasteiger partial charge is 0.464 e. The van der Waals surface area contributed by atoms with Crippen LogP contribution >= 0.6 is 0 Å². The highest BCUT2D eigenvalue weighted by atomic mass is 16.3. The van der Waals surface area contributed by atoms with E-state index in [0.717, 1.165) is 23.6 Å². The molecule has 2 heterocycles. The van der Waals surface area contributed by atoms with E-state index in [9.17, 15) is 0 Å². The van der Waals surface area contributed by atoms with Crippen LogP contribution in [0, 0.1) is 12.3 Å². The average Bonchev–Trinajstić information content (AvgIpc) is 2.94. The second kappa shape index (κ2) is 4.02. The van der Waals surface area contributed by atoms with E-state index in [0.29, 0.717) is 5.84 Å². The van der Waals surface area contributed by atoms with Gasteiger partial charge in [0.25, 0.3) is 0 Å². The highest BCUT2D eigenvalue weighted by Crippen LogP contribution is 2.31. The zero-order valence-corrected chi connectivity index (χ0v) is 10.6. The van der Waals surface area contributed by atoms with E-state index in [1.807, 2.05) is 37.3 Å². The van der Waals surface area contributed by atoms with Crippen molar-refractivity contribution >= 4 is 5.84 Å². The summed E-state index contributed by atoms with van der Waals surface area (Å²) >= 11 is 0. The van der Waals surface area contributed by atoms with E-state index in [1.54, 1.807) is 0 Å². The fraction of sp³-hybridized carbons (Fsp3) is 0.267. The van der Waals surface area contributed by atoms with Crippen LogP contribution in [-0.2, 0) is 6.54 Å². The molecule has 0 fully saturated rings. The molecule has 3 heteroatoms. The summed E-state index contributed by atoms with van der Waals surface area (Å²) in [5.74, 6) is 2.43. The van der Waals surface area contributed by atoms with Gasteiger partial charge in [-0.2, -0.15) is 0 Å². The summed E-state index contributed by atoms with van der Waals surface area (Å²) in [7, 11) is 0. The van der Waals surface area contributed by atoms with E-state index >= 15 is 0 Å². The van der Waals surface area contributed by atoms with Crippen molar-refractivity contribution in [2.45, 2.75) is 26.4 Å². The van der Waals surface area contributed by atoms with Crippen molar-refractivity contribution < 1.29 is 4.42 Å². The number of rotatable bonds is 2. The van der Waals surface area contributed by atoms with Crippen molar-refractivity contribution in [3.05, 3.63) is 59.0 Å².